The minimum Gasteiger partial charge on any atom is -0.465 e. The molecule has 0 amide bonds. The van der Waals surface area contributed by atoms with Crippen LogP contribution in [-0.4, -0.2) is 55.6 Å². The van der Waals surface area contributed by atoms with E-state index in [9.17, 15) is 9.59 Å². The quantitative estimate of drug-likeness (QED) is 0.0353. The summed E-state index contributed by atoms with van der Waals surface area (Å²) in [5.41, 5.74) is 0. The fraction of sp³-hybridized carbons (Fsp3) is 0.957. The molecule has 0 saturated heterocycles. The SMILES string of the molecule is CCCCCCCCC(CCCCCC)COC(=O)CCCCCN(CCCl)CCCCCC(=O)OCC(CCCCCC)CCCCCCCC. The van der Waals surface area contributed by atoms with E-state index in [4.69, 9.17) is 21.1 Å². The first-order chi connectivity index (χ1) is 25.5. The van der Waals surface area contributed by atoms with Crippen LogP contribution >= 0.6 is 11.6 Å². The molecule has 0 aromatic rings. The number of carbonyl (C=O) groups is 2. The molecule has 2 unspecified atom stereocenters. The minimum absolute atomic E-state index is 0.0158. The Kier molecular flexibility index (Phi) is 40.7. The summed E-state index contributed by atoms with van der Waals surface area (Å²) in [6.07, 6.45) is 38.0. The highest BCUT2D eigenvalue weighted by atomic mass is 35.5. The van der Waals surface area contributed by atoms with E-state index in [1.54, 1.807) is 0 Å². The summed E-state index contributed by atoms with van der Waals surface area (Å²) in [5.74, 6) is 1.66. The fourth-order valence-corrected chi connectivity index (χ4v) is 7.59. The van der Waals surface area contributed by atoms with Crippen molar-refractivity contribution in [2.45, 2.75) is 233 Å². The molecule has 0 N–H and O–H groups in total. The van der Waals surface area contributed by atoms with Gasteiger partial charge in [-0.25, -0.2) is 0 Å². The van der Waals surface area contributed by atoms with Crippen LogP contribution in [0.15, 0.2) is 0 Å². The van der Waals surface area contributed by atoms with E-state index in [1.807, 2.05) is 0 Å². The van der Waals surface area contributed by atoms with Gasteiger partial charge in [-0.3, -0.25) is 9.59 Å². The lowest BCUT2D eigenvalue weighted by Crippen LogP contribution is -2.28. The van der Waals surface area contributed by atoms with Crippen LogP contribution in [0, 0.1) is 11.8 Å². The van der Waals surface area contributed by atoms with Gasteiger partial charge in [0.05, 0.1) is 13.2 Å². The molecule has 0 heterocycles. The number of rotatable bonds is 42. The Bertz CT molecular complexity index is 692. The number of alkyl halides is 1. The van der Waals surface area contributed by atoms with Crippen molar-refractivity contribution in [3.8, 4) is 0 Å². The zero-order chi connectivity index (χ0) is 38.2. The molecule has 0 rings (SSSR count). The maximum atomic E-state index is 12.6. The monoisotopic (exact) mass is 756 g/mol. The maximum absolute atomic E-state index is 12.6. The van der Waals surface area contributed by atoms with Gasteiger partial charge in [0.1, 0.15) is 0 Å². The number of halogens is 1. The second-order valence-corrected chi connectivity index (χ2v) is 16.4. The predicted octanol–water partition coefficient (Wildman–Crippen LogP) is 14.4. The molecule has 6 heteroatoms. The minimum atomic E-state index is -0.0158. The predicted molar refractivity (Wildman–Crippen MR) is 226 cm³/mol. The first-order valence-corrected chi connectivity index (χ1v) is 23.6. The smallest absolute Gasteiger partial charge is 0.305 e. The summed E-state index contributed by atoms with van der Waals surface area (Å²) in [6, 6.07) is 0. The Morgan fingerprint density at radius 2 is 0.731 bits per heavy atom. The van der Waals surface area contributed by atoms with Gasteiger partial charge in [0.15, 0.2) is 0 Å². The van der Waals surface area contributed by atoms with E-state index in [0.717, 1.165) is 58.2 Å². The van der Waals surface area contributed by atoms with Crippen molar-refractivity contribution in [1.29, 1.82) is 0 Å². The molecule has 310 valence electrons. The highest BCUT2D eigenvalue weighted by Gasteiger charge is 2.14. The fourth-order valence-electron chi connectivity index (χ4n) is 7.35. The molecular formula is C46H90ClNO4. The zero-order valence-corrected chi connectivity index (χ0v) is 36.2. The van der Waals surface area contributed by atoms with Gasteiger partial charge in [-0.1, -0.05) is 169 Å². The van der Waals surface area contributed by atoms with Crippen LogP contribution in [0.3, 0.4) is 0 Å². The Labute approximate surface area is 330 Å². The normalized spacial score (nSPS) is 12.7. The Balaban J connectivity index is 4.22. The maximum Gasteiger partial charge on any atom is 0.305 e. The molecule has 0 aliphatic carbocycles. The lowest BCUT2D eigenvalue weighted by atomic mass is 9.95. The number of hydrogen-bond acceptors (Lipinski definition) is 5. The molecule has 0 saturated carbocycles. The topological polar surface area (TPSA) is 55.8 Å². The molecule has 0 spiro atoms. The Morgan fingerprint density at radius 3 is 1.08 bits per heavy atom. The molecule has 0 fully saturated rings. The lowest BCUT2D eigenvalue weighted by molar-refractivity contribution is -0.146. The van der Waals surface area contributed by atoms with Gasteiger partial charge in [0.25, 0.3) is 0 Å². The number of nitrogens with zero attached hydrogens (tertiary/aromatic N) is 1. The average molecular weight is 757 g/mol. The van der Waals surface area contributed by atoms with Crippen molar-refractivity contribution in [2.24, 2.45) is 11.8 Å². The van der Waals surface area contributed by atoms with E-state index < -0.39 is 0 Å². The average Bonchev–Trinajstić information content (AvgIpc) is 3.14. The Morgan fingerprint density at radius 1 is 0.423 bits per heavy atom. The van der Waals surface area contributed by atoms with Crippen LogP contribution in [0.5, 0.6) is 0 Å². The summed E-state index contributed by atoms with van der Waals surface area (Å²) in [4.78, 5) is 27.6. The van der Waals surface area contributed by atoms with E-state index in [0.29, 0.717) is 43.8 Å². The van der Waals surface area contributed by atoms with Crippen LogP contribution < -0.4 is 0 Å². The van der Waals surface area contributed by atoms with Gasteiger partial charge >= 0.3 is 11.9 Å². The zero-order valence-electron chi connectivity index (χ0n) is 35.5. The second-order valence-electron chi connectivity index (χ2n) is 16.1. The van der Waals surface area contributed by atoms with Gasteiger partial charge in [-0.2, -0.15) is 0 Å². The third-order valence-electron chi connectivity index (χ3n) is 10.9. The van der Waals surface area contributed by atoms with Crippen molar-refractivity contribution in [2.75, 3.05) is 38.7 Å². The summed E-state index contributed by atoms with van der Waals surface area (Å²) >= 11 is 6.13. The van der Waals surface area contributed by atoms with Crippen molar-refractivity contribution in [3.05, 3.63) is 0 Å². The van der Waals surface area contributed by atoms with Crippen LogP contribution in [0.2, 0.25) is 0 Å². The number of hydrogen-bond donors (Lipinski definition) is 0. The highest BCUT2D eigenvalue weighted by Crippen LogP contribution is 2.21. The van der Waals surface area contributed by atoms with Crippen LogP contribution in [-0.2, 0) is 19.1 Å². The summed E-state index contributed by atoms with van der Waals surface area (Å²) in [7, 11) is 0. The van der Waals surface area contributed by atoms with Crippen LogP contribution in [0.4, 0.5) is 0 Å². The van der Waals surface area contributed by atoms with E-state index in [1.165, 1.54) is 154 Å². The first-order valence-electron chi connectivity index (χ1n) is 23.1. The largest absolute Gasteiger partial charge is 0.465 e. The first kappa shape index (κ1) is 51.2. The number of carbonyl (C=O) groups excluding carboxylic acids is 2. The molecule has 0 aromatic heterocycles. The summed E-state index contributed by atoms with van der Waals surface area (Å²) in [5, 5.41) is 0. The van der Waals surface area contributed by atoms with E-state index in [2.05, 4.69) is 32.6 Å². The third-order valence-corrected chi connectivity index (χ3v) is 11.1. The van der Waals surface area contributed by atoms with Gasteiger partial charge in [0.2, 0.25) is 0 Å². The van der Waals surface area contributed by atoms with E-state index in [-0.39, 0.29) is 11.9 Å². The molecule has 0 aromatic carbocycles. The van der Waals surface area contributed by atoms with Gasteiger partial charge in [-0.15, -0.1) is 11.6 Å². The van der Waals surface area contributed by atoms with E-state index >= 15 is 0 Å². The van der Waals surface area contributed by atoms with Crippen molar-refractivity contribution in [1.82, 2.24) is 4.90 Å². The molecule has 0 bridgehead atoms. The standard InChI is InChI=1S/C46H90ClNO4/c1-5-9-13-17-19-25-33-43(31-23-15-11-7-3)41-51-45(49)35-27-21-29-38-48(40-37-47)39-30-22-28-36-46(50)52-42-44(32-24-16-12-8-4)34-26-20-18-14-10-6-2/h43-44H,5-42H2,1-4H3. The van der Waals surface area contributed by atoms with Gasteiger partial charge < -0.3 is 14.4 Å². The van der Waals surface area contributed by atoms with Crippen LogP contribution in [0.25, 0.3) is 0 Å². The van der Waals surface area contributed by atoms with Crippen LogP contribution in [0.1, 0.15) is 233 Å². The molecular weight excluding hydrogens is 666 g/mol. The molecule has 2 atom stereocenters. The molecule has 0 radical (unpaired) electrons. The number of esters is 2. The summed E-state index contributed by atoms with van der Waals surface area (Å²) in [6.45, 7) is 13.2. The highest BCUT2D eigenvalue weighted by molar-refractivity contribution is 6.18. The van der Waals surface area contributed by atoms with Crippen molar-refractivity contribution >= 4 is 23.5 Å². The summed E-state index contributed by atoms with van der Waals surface area (Å²) < 4.78 is 11.6. The van der Waals surface area contributed by atoms with Gasteiger partial charge in [0, 0.05) is 25.3 Å². The number of unbranched alkanes of at least 4 members (excludes halogenated alkanes) is 20. The lowest BCUT2D eigenvalue weighted by Gasteiger charge is -2.21. The second kappa shape index (κ2) is 41.4. The molecule has 0 aliphatic rings. The van der Waals surface area contributed by atoms with Gasteiger partial charge in [-0.05, 0) is 76.3 Å². The third kappa shape index (κ3) is 36.2. The van der Waals surface area contributed by atoms with Crippen molar-refractivity contribution < 1.29 is 19.1 Å². The molecule has 5 nitrogen and oxygen atoms in total. The molecule has 0 aliphatic heterocycles. The molecule has 52 heavy (non-hydrogen) atoms. The van der Waals surface area contributed by atoms with Crippen molar-refractivity contribution in [3.63, 3.8) is 0 Å². The Hall–Kier alpha value is -0.810. The number of ether oxygens (including phenoxy) is 2.